The zero-order valence-electron chi connectivity index (χ0n) is 14.9. The number of ether oxygens (including phenoxy) is 1. The molecule has 4 rings (SSSR count). The van der Waals surface area contributed by atoms with Crippen molar-refractivity contribution in [3.8, 4) is 0 Å². The molecule has 0 spiro atoms. The Hall–Kier alpha value is -1.40. The van der Waals surface area contributed by atoms with Gasteiger partial charge < -0.3 is 25.6 Å². The maximum Gasteiger partial charge on any atom is 0.162 e. The molecule has 5 atom stereocenters. The maximum absolute atomic E-state index is 10.0. The van der Waals surface area contributed by atoms with E-state index in [0.29, 0.717) is 24.6 Å². The van der Waals surface area contributed by atoms with E-state index in [4.69, 9.17) is 10.5 Å². The molecule has 0 amide bonds. The van der Waals surface area contributed by atoms with Gasteiger partial charge >= 0.3 is 0 Å². The zero-order valence-corrected chi connectivity index (χ0v) is 17.0. The van der Waals surface area contributed by atoms with Crippen LogP contribution < -0.4 is 5.73 Å². The summed E-state index contributed by atoms with van der Waals surface area (Å²) in [6.07, 6.45) is 0.154. The van der Waals surface area contributed by atoms with Crippen molar-refractivity contribution in [3.05, 3.63) is 33.4 Å². The predicted octanol–water partition coefficient (Wildman–Crippen LogP) is 0.672. The standard InChI is InChI=1S/C18H22IN5O3/c1-10(11-2-4-12(19)5-3-11)18(20)16-17(21-8-23-18)24(9-22-16)15-6-13(26)14(7-25)27-15/h2-5,8,10,13-15,25-26H,6-7,9,20H2,1H3/t10?,13-,14+,15+,18?/m0/s1. The fourth-order valence-corrected chi connectivity index (χ4v) is 4.08. The summed E-state index contributed by atoms with van der Waals surface area (Å²) in [4.78, 5) is 15.4. The highest BCUT2D eigenvalue weighted by molar-refractivity contribution is 14.1. The molecule has 0 aromatic heterocycles. The van der Waals surface area contributed by atoms with Crippen LogP contribution in [-0.2, 0) is 4.74 Å². The molecule has 4 N–H and O–H groups in total. The molecular formula is C18H22IN5O3. The van der Waals surface area contributed by atoms with Crippen molar-refractivity contribution in [2.24, 2.45) is 20.7 Å². The minimum Gasteiger partial charge on any atom is -0.394 e. The van der Waals surface area contributed by atoms with Gasteiger partial charge in [0, 0.05) is 15.9 Å². The molecule has 2 unspecified atom stereocenters. The lowest BCUT2D eigenvalue weighted by atomic mass is 9.84. The van der Waals surface area contributed by atoms with E-state index in [1.807, 2.05) is 24.0 Å². The van der Waals surface area contributed by atoms with Crippen molar-refractivity contribution in [3.63, 3.8) is 0 Å². The molecule has 27 heavy (non-hydrogen) atoms. The number of amidine groups is 1. The zero-order chi connectivity index (χ0) is 19.2. The van der Waals surface area contributed by atoms with E-state index in [0.717, 1.165) is 9.13 Å². The minimum atomic E-state index is -1.02. The van der Waals surface area contributed by atoms with Crippen LogP contribution in [0.4, 0.5) is 0 Å². The Kier molecular flexibility index (Phi) is 5.06. The molecule has 0 bridgehead atoms. The summed E-state index contributed by atoms with van der Waals surface area (Å²) < 4.78 is 6.92. The van der Waals surface area contributed by atoms with Crippen LogP contribution in [0.25, 0.3) is 0 Å². The molecule has 0 saturated carbocycles. The number of aliphatic hydroxyl groups excluding tert-OH is 2. The number of rotatable bonds is 4. The highest BCUT2D eigenvalue weighted by Crippen LogP contribution is 2.35. The van der Waals surface area contributed by atoms with Crippen molar-refractivity contribution in [2.75, 3.05) is 13.3 Å². The van der Waals surface area contributed by atoms with E-state index in [9.17, 15) is 10.2 Å². The van der Waals surface area contributed by atoms with Crippen LogP contribution in [0.2, 0.25) is 0 Å². The number of hydrogen-bond acceptors (Lipinski definition) is 8. The lowest BCUT2D eigenvalue weighted by Crippen LogP contribution is -2.56. The second kappa shape index (κ2) is 7.21. The smallest absolute Gasteiger partial charge is 0.162 e. The summed E-state index contributed by atoms with van der Waals surface area (Å²) in [7, 11) is 0. The second-order valence-electron chi connectivity index (χ2n) is 7.03. The Morgan fingerprint density at radius 3 is 2.81 bits per heavy atom. The van der Waals surface area contributed by atoms with E-state index in [1.54, 1.807) is 0 Å². The third-order valence-electron chi connectivity index (χ3n) is 5.46. The van der Waals surface area contributed by atoms with E-state index in [1.165, 1.54) is 6.34 Å². The second-order valence-corrected chi connectivity index (χ2v) is 8.27. The van der Waals surface area contributed by atoms with Crippen molar-refractivity contribution in [2.45, 2.75) is 43.4 Å². The molecule has 8 nitrogen and oxygen atoms in total. The number of aliphatic imine (C=N–C) groups is 3. The molecule has 3 heterocycles. The van der Waals surface area contributed by atoms with Gasteiger partial charge in [-0.05, 0) is 40.3 Å². The van der Waals surface area contributed by atoms with Crippen molar-refractivity contribution < 1.29 is 14.9 Å². The third-order valence-corrected chi connectivity index (χ3v) is 6.18. The van der Waals surface area contributed by atoms with Crippen molar-refractivity contribution in [1.29, 1.82) is 0 Å². The van der Waals surface area contributed by atoms with Crippen LogP contribution in [0.3, 0.4) is 0 Å². The monoisotopic (exact) mass is 483 g/mol. The van der Waals surface area contributed by atoms with Gasteiger partial charge in [0.2, 0.25) is 0 Å². The molecule has 1 fully saturated rings. The first kappa shape index (κ1) is 18.9. The molecule has 0 aliphatic carbocycles. The lowest BCUT2D eigenvalue weighted by molar-refractivity contribution is -0.0560. The Labute approximate surface area is 171 Å². The summed E-state index contributed by atoms with van der Waals surface area (Å²) >= 11 is 2.27. The van der Waals surface area contributed by atoms with Gasteiger partial charge in [-0.25, -0.2) is 9.98 Å². The van der Waals surface area contributed by atoms with E-state index in [2.05, 4.69) is 49.7 Å². The average Bonchev–Trinajstić information content (AvgIpc) is 3.26. The number of benzene rings is 1. The molecule has 1 aromatic rings. The first-order valence-corrected chi connectivity index (χ1v) is 9.94. The quantitative estimate of drug-likeness (QED) is 0.545. The third kappa shape index (κ3) is 3.21. The molecule has 9 heteroatoms. The van der Waals surface area contributed by atoms with Crippen molar-refractivity contribution in [1.82, 2.24) is 4.90 Å². The van der Waals surface area contributed by atoms with E-state index < -0.39 is 24.1 Å². The van der Waals surface area contributed by atoms with Crippen LogP contribution in [0, 0.1) is 3.57 Å². The normalized spacial score (nSPS) is 33.7. The van der Waals surface area contributed by atoms with Gasteiger partial charge in [-0.3, -0.25) is 4.99 Å². The number of aliphatic hydroxyl groups is 2. The Bertz CT molecular complexity index is 812. The summed E-state index contributed by atoms with van der Waals surface area (Å²) in [6.45, 7) is 2.15. The van der Waals surface area contributed by atoms with Crippen LogP contribution in [0.1, 0.15) is 24.8 Å². The van der Waals surface area contributed by atoms with Gasteiger partial charge in [-0.2, -0.15) is 0 Å². The van der Waals surface area contributed by atoms with Gasteiger partial charge in [0.05, 0.1) is 12.7 Å². The molecule has 144 valence electrons. The molecule has 1 saturated heterocycles. The molecular weight excluding hydrogens is 461 g/mol. The minimum absolute atomic E-state index is 0.102. The summed E-state index contributed by atoms with van der Waals surface area (Å²) in [5.41, 5.74) is 7.41. The summed E-state index contributed by atoms with van der Waals surface area (Å²) in [5, 5.41) is 19.4. The van der Waals surface area contributed by atoms with Gasteiger partial charge in [-0.1, -0.05) is 19.1 Å². The van der Waals surface area contributed by atoms with Gasteiger partial charge in [0.25, 0.3) is 0 Å². The van der Waals surface area contributed by atoms with E-state index >= 15 is 0 Å². The molecule has 3 aliphatic rings. The van der Waals surface area contributed by atoms with Crippen molar-refractivity contribution >= 4 is 40.5 Å². The molecule has 0 radical (unpaired) electrons. The highest BCUT2D eigenvalue weighted by Gasteiger charge is 2.48. The first-order chi connectivity index (χ1) is 12.9. The Morgan fingerprint density at radius 2 is 2.15 bits per heavy atom. The molecule has 1 aromatic carbocycles. The number of halogens is 1. The fourth-order valence-electron chi connectivity index (χ4n) is 3.72. The number of fused-ring (bicyclic) bond motifs is 1. The number of nitrogens with two attached hydrogens (primary N) is 1. The van der Waals surface area contributed by atoms with E-state index in [-0.39, 0.29) is 12.5 Å². The summed E-state index contributed by atoms with van der Waals surface area (Å²) in [5.74, 6) is 0.524. The highest BCUT2D eigenvalue weighted by atomic mass is 127. The Balaban J connectivity index is 1.58. The van der Waals surface area contributed by atoms with Crippen LogP contribution >= 0.6 is 22.6 Å². The number of nitrogens with zero attached hydrogens (tertiary/aromatic N) is 4. The van der Waals surface area contributed by atoms with Crippen LogP contribution in [0.5, 0.6) is 0 Å². The Morgan fingerprint density at radius 1 is 1.41 bits per heavy atom. The summed E-state index contributed by atoms with van der Waals surface area (Å²) in [6, 6.07) is 8.20. The first-order valence-electron chi connectivity index (χ1n) is 8.86. The maximum atomic E-state index is 10.0. The topological polar surface area (TPSA) is 116 Å². The van der Waals surface area contributed by atoms with Gasteiger partial charge in [0.1, 0.15) is 31.1 Å². The van der Waals surface area contributed by atoms with Crippen LogP contribution in [0.15, 0.2) is 39.2 Å². The average molecular weight is 483 g/mol. The predicted molar refractivity (Wildman–Crippen MR) is 111 cm³/mol. The van der Waals surface area contributed by atoms with Gasteiger partial charge in [-0.15, -0.1) is 0 Å². The fraction of sp³-hybridized carbons (Fsp3) is 0.500. The van der Waals surface area contributed by atoms with Crippen LogP contribution in [-0.4, -0.2) is 70.4 Å². The number of hydrogen-bond donors (Lipinski definition) is 3. The SMILES string of the molecule is CC(c1ccc(I)cc1)C1(N)N=CN=C2C1=NCN2[C@H]1C[C@H](O)[C@@H](CO)O1. The molecule has 3 aliphatic heterocycles. The van der Waals surface area contributed by atoms with Gasteiger partial charge in [0.15, 0.2) is 11.5 Å². The largest absolute Gasteiger partial charge is 0.394 e. The lowest BCUT2D eigenvalue weighted by Gasteiger charge is -2.35.